The van der Waals surface area contributed by atoms with Gasteiger partial charge in [-0.25, -0.2) is 0 Å². The van der Waals surface area contributed by atoms with Crippen LogP contribution in [-0.2, 0) is 4.79 Å². The molecule has 120 valence electrons. The molecule has 1 saturated heterocycles. The van der Waals surface area contributed by atoms with E-state index in [2.05, 4.69) is 0 Å². The van der Waals surface area contributed by atoms with E-state index in [-0.39, 0.29) is 18.4 Å². The Balaban J connectivity index is 1.86. The van der Waals surface area contributed by atoms with E-state index in [4.69, 9.17) is 11.6 Å². The molecule has 2 atom stereocenters. The van der Waals surface area contributed by atoms with Crippen molar-refractivity contribution in [2.45, 2.75) is 12.8 Å². The zero-order chi connectivity index (χ0) is 16.6. The number of aliphatic carboxylic acids is 1. The fourth-order valence-corrected chi connectivity index (χ4v) is 3.97. The number of carbonyl (C=O) groups excluding carboxylic acids is 1. The number of thiophene rings is 1. The van der Waals surface area contributed by atoms with Crippen molar-refractivity contribution in [2.24, 2.45) is 5.92 Å². The summed E-state index contributed by atoms with van der Waals surface area (Å²) in [5.41, 5.74) is 2.50. The molecule has 2 heterocycles. The summed E-state index contributed by atoms with van der Waals surface area (Å²) >= 11 is 7.38. The van der Waals surface area contributed by atoms with Crippen molar-refractivity contribution >= 4 is 34.8 Å². The lowest BCUT2D eigenvalue weighted by Crippen LogP contribution is -2.30. The molecule has 1 aliphatic heterocycles. The molecule has 0 radical (unpaired) electrons. The minimum Gasteiger partial charge on any atom is -0.481 e. The molecular formula is C17H16ClNO3S. The number of likely N-dealkylation sites (tertiary alicyclic amines) is 1. The van der Waals surface area contributed by atoms with Crippen molar-refractivity contribution < 1.29 is 14.7 Å². The number of aryl methyl sites for hydroxylation is 1. The van der Waals surface area contributed by atoms with Gasteiger partial charge in [0.25, 0.3) is 5.91 Å². The monoisotopic (exact) mass is 349 g/mol. The second kappa shape index (κ2) is 6.34. The zero-order valence-corrected chi connectivity index (χ0v) is 14.1. The van der Waals surface area contributed by atoms with E-state index in [0.29, 0.717) is 17.1 Å². The normalized spacial score (nSPS) is 20.7. The van der Waals surface area contributed by atoms with Crippen LogP contribution in [0.2, 0.25) is 5.02 Å². The highest BCUT2D eigenvalue weighted by molar-refractivity contribution is 7.08. The smallest absolute Gasteiger partial charge is 0.308 e. The lowest BCUT2D eigenvalue weighted by atomic mass is 9.89. The van der Waals surface area contributed by atoms with Gasteiger partial charge in [0.15, 0.2) is 0 Å². The van der Waals surface area contributed by atoms with E-state index in [1.807, 2.05) is 29.8 Å². The van der Waals surface area contributed by atoms with Gasteiger partial charge in [0.05, 0.1) is 11.5 Å². The van der Waals surface area contributed by atoms with E-state index in [0.717, 1.165) is 11.1 Å². The SMILES string of the molecule is Cc1cscc1C(=O)N1C[C@@H](C(=O)O)[C@H](c2ccc(Cl)cc2)C1. The quantitative estimate of drug-likeness (QED) is 0.920. The van der Waals surface area contributed by atoms with Gasteiger partial charge in [0.1, 0.15) is 0 Å². The number of carbonyl (C=O) groups is 2. The number of carboxylic acids is 1. The van der Waals surface area contributed by atoms with Crippen molar-refractivity contribution in [1.82, 2.24) is 4.90 Å². The first-order chi connectivity index (χ1) is 11.0. The van der Waals surface area contributed by atoms with Gasteiger partial charge in [0, 0.05) is 29.4 Å². The molecule has 4 nitrogen and oxygen atoms in total. The van der Waals surface area contributed by atoms with Crippen LogP contribution in [0.5, 0.6) is 0 Å². The van der Waals surface area contributed by atoms with Crippen molar-refractivity contribution in [3.05, 3.63) is 56.7 Å². The lowest BCUT2D eigenvalue weighted by molar-refractivity contribution is -0.141. The maximum atomic E-state index is 12.6. The summed E-state index contributed by atoms with van der Waals surface area (Å²) in [6.07, 6.45) is 0. The fraction of sp³-hybridized carbons (Fsp3) is 0.294. The van der Waals surface area contributed by atoms with Gasteiger partial charge in [-0.05, 0) is 35.6 Å². The Hall–Kier alpha value is -1.85. The second-order valence-corrected chi connectivity index (χ2v) is 6.96. The summed E-state index contributed by atoms with van der Waals surface area (Å²) in [4.78, 5) is 25.9. The first kappa shape index (κ1) is 16.0. The molecule has 23 heavy (non-hydrogen) atoms. The van der Waals surface area contributed by atoms with Gasteiger partial charge >= 0.3 is 5.97 Å². The third-order valence-corrected chi connectivity index (χ3v) is 5.42. The van der Waals surface area contributed by atoms with Crippen LogP contribution in [0.4, 0.5) is 0 Å². The summed E-state index contributed by atoms with van der Waals surface area (Å²) in [6, 6.07) is 7.19. The molecule has 0 aliphatic carbocycles. The Morgan fingerprint density at radius 1 is 1.22 bits per heavy atom. The molecule has 3 rings (SSSR count). The molecule has 0 saturated carbocycles. The first-order valence-electron chi connectivity index (χ1n) is 7.27. The van der Waals surface area contributed by atoms with Crippen LogP contribution >= 0.6 is 22.9 Å². The third kappa shape index (κ3) is 3.12. The van der Waals surface area contributed by atoms with Crippen molar-refractivity contribution in [1.29, 1.82) is 0 Å². The maximum Gasteiger partial charge on any atom is 0.308 e. The van der Waals surface area contributed by atoms with E-state index in [9.17, 15) is 14.7 Å². The number of amides is 1. The average molecular weight is 350 g/mol. The van der Waals surface area contributed by atoms with E-state index >= 15 is 0 Å². The lowest BCUT2D eigenvalue weighted by Gasteiger charge is -2.16. The van der Waals surface area contributed by atoms with E-state index in [1.54, 1.807) is 17.0 Å². The summed E-state index contributed by atoms with van der Waals surface area (Å²) in [5.74, 6) is -1.78. The molecule has 2 aromatic rings. The molecule has 0 unspecified atom stereocenters. The van der Waals surface area contributed by atoms with Gasteiger partial charge in [0.2, 0.25) is 0 Å². The van der Waals surface area contributed by atoms with Crippen LogP contribution in [-0.4, -0.2) is 35.0 Å². The Morgan fingerprint density at radius 3 is 2.48 bits per heavy atom. The van der Waals surface area contributed by atoms with Gasteiger partial charge in [-0.1, -0.05) is 23.7 Å². The number of hydrogen-bond acceptors (Lipinski definition) is 3. The maximum absolute atomic E-state index is 12.6. The minimum absolute atomic E-state index is 0.0912. The summed E-state index contributed by atoms with van der Waals surface area (Å²) < 4.78 is 0. The molecule has 1 amide bonds. The highest BCUT2D eigenvalue weighted by Gasteiger charge is 2.40. The van der Waals surface area contributed by atoms with Gasteiger partial charge in [-0.2, -0.15) is 11.3 Å². The molecular weight excluding hydrogens is 334 g/mol. The van der Waals surface area contributed by atoms with Crippen LogP contribution in [0.3, 0.4) is 0 Å². The van der Waals surface area contributed by atoms with Crippen LogP contribution in [0.15, 0.2) is 35.0 Å². The molecule has 1 N–H and O–H groups in total. The highest BCUT2D eigenvalue weighted by atomic mass is 35.5. The third-order valence-electron chi connectivity index (χ3n) is 4.31. The van der Waals surface area contributed by atoms with Gasteiger partial charge < -0.3 is 10.0 Å². The van der Waals surface area contributed by atoms with Crippen molar-refractivity contribution in [3.8, 4) is 0 Å². The standard InChI is InChI=1S/C17H16ClNO3S/c1-10-8-23-9-15(10)16(20)19-6-13(14(7-19)17(21)22)11-2-4-12(18)5-3-11/h2-5,8-9,13-14H,6-7H2,1H3,(H,21,22)/t13-,14+/m0/s1. The Kier molecular flexibility index (Phi) is 4.41. The fourth-order valence-electron chi connectivity index (χ4n) is 3.02. The van der Waals surface area contributed by atoms with E-state index < -0.39 is 11.9 Å². The average Bonchev–Trinajstić information content (AvgIpc) is 3.14. The van der Waals surface area contributed by atoms with Crippen LogP contribution in [0.25, 0.3) is 0 Å². The Bertz CT molecular complexity index is 741. The number of nitrogens with zero attached hydrogens (tertiary/aromatic N) is 1. The highest BCUT2D eigenvalue weighted by Crippen LogP contribution is 2.34. The molecule has 1 aliphatic rings. The Labute approximate surface area is 143 Å². The first-order valence-corrected chi connectivity index (χ1v) is 8.59. The van der Waals surface area contributed by atoms with Crippen LogP contribution in [0.1, 0.15) is 27.4 Å². The Morgan fingerprint density at radius 2 is 1.91 bits per heavy atom. The molecule has 1 aromatic heterocycles. The van der Waals surface area contributed by atoms with Crippen LogP contribution < -0.4 is 0 Å². The zero-order valence-electron chi connectivity index (χ0n) is 12.5. The number of halogens is 1. The summed E-state index contributed by atoms with van der Waals surface area (Å²) in [6.45, 7) is 2.54. The second-order valence-electron chi connectivity index (χ2n) is 5.78. The number of benzene rings is 1. The topological polar surface area (TPSA) is 57.6 Å². The molecule has 0 spiro atoms. The van der Waals surface area contributed by atoms with Gasteiger partial charge in [-0.3, -0.25) is 9.59 Å². The predicted octanol–water partition coefficient (Wildman–Crippen LogP) is 3.65. The largest absolute Gasteiger partial charge is 0.481 e. The number of rotatable bonds is 3. The molecule has 1 aromatic carbocycles. The van der Waals surface area contributed by atoms with Crippen molar-refractivity contribution in [3.63, 3.8) is 0 Å². The molecule has 1 fully saturated rings. The number of carboxylic acid groups (broad SMARTS) is 1. The summed E-state index contributed by atoms with van der Waals surface area (Å²) in [7, 11) is 0. The van der Waals surface area contributed by atoms with Crippen LogP contribution in [0, 0.1) is 12.8 Å². The van der Waals surface area contributed by atoms with E-state index in [1.165, 1.54) is 11.3 Å². The predicted molar refractivity (Wildman–Crippen MR) is 90.3 cm³/mol. The van der Waals surface area contributed by atoms with Gasteiger partial charge in [-0.15, -0.1) is 0 Å². The number of hydrogen-bond donors (Lipinski definition) is 1. The minimum atomic E-state index is -0.873. The molecule has 6 heteroatoms. The molecule has 0 bridgehead atoms. The summed E-state index contributed by atoms with van der Waals surface area (Å²) in [5, 5.41) is 13.9. The van der Waals surface area contributed by atoms with Crippen molar-refractivity contribution in [2.75, 3.05) is 13.1 Å².